The van der Waals surface area contributed by atoms with E-state index in [1.54, 1.807) is 13.1 Å². The fourth-order valence-corrected chi connectivity index (χ4v) is 3.10. The Morgan fingerprint density at radius 2 is 1.83 bits per heavy atom. The second-order valence-corrected chi connectivity index (χ2v) is 7.75. The Kier molecular flexibility index (Phi) is 5.56. The molecule has 0 atom stereocenters. The SMILES string of the molecule is CCS(=O)(=O)c1ccc(C(=O)NCc2ncccc2N(C)C)cc1. The molecular formula is C17H21N3O3S. The van der Waals surface area contributed by atoms with E-state index in [4.69, 9.17) is 0 Å². The van der Waals surface area contributed by atoms with Crippen LogP contribution >= 0.6 is 0 Å². The molecule has 0 fully saturated rings. The molecule has 1 amide bonds. The van der Waals surface area contributed by atoms with Gasteiger partial charge in [0.15, 0.2) is 9.84 Å². The Morgan fingerprint density at radius 3 is 2.42 bits per heavy atom. The van der Waals surface area contributed by atoms with Crippen molar-refractivity contribution in [3.63, 3.8) is 0 Å². The van der Waals surface area contributed by atoms with Crippen LogP contribution in [-0.2, 0) is 16.4 Å². The van der Waals surface area contributed by atoms with Gasteiger partial charge in [-0.25, -0.2) is 8.42 Å². The number of nitrogens with one attached hydrogen (secondary N) is 1. The molecule has 1 aromatic carbocycles. The molecule has 0 saturated carbocycles. The number of nitrogens with zero attached hydrogens (tertiary/aromatic N) is 2. The fourth-order valence-electron chi connectivity index (χ4n) is 2.22. The van der Waals surface area contributed by atoms with Crippen molar-refractivity contribution in [2.75, 3.05) is 24.7 Å². The summed E-state index contributed by atoms with van der Waals surface area (Å²) in [6.07, 6.45) is 1.68. The molecule has 0 aliphatic heterocycles. The number of aromatic nitrogens is 1. The molecule has 0 bridgehead atoms. The average Bonchev–Trinajstić information content (AvgIpc) is 2.60. The maximum atomic E-state index is 12.2. The van der Waals surface area contributed by atoms with Crippen LogP contribution in [0.25, 0.3) is 0 Å². The lowest BCUT2D eigenvalue weighted by Gasteiger charge is -2.16. The van der Waals surface area contributed by atoms with Crippen LogP contribution in [0.3, 0.4) is 0 Å². The van der Waals surface area contributed by atoms with Crippen molar-refractivity contribution < 1.29 is 13.2 Å². The number of carbonyl (C=O) groups excluding carboxylic acids is 1. The predicted molar refractivity (Wildman–Crippen MR) is 93.9 cm³/mol. The summed E-state index contributed by atoms with van der Waals surface area (Å²) >= 11 is 0. The molecular weight excluding hydrogens is 326 g/mol. The maximum Gasteiger partial charge on any atom is 0.251 e. The minimum Gasteiger partial charge on any atom is -0.376 e. The topological polar surface area (TPSA) is 79.4 Å². The number of hydrogen-bond acceptors (Lipinski definition) is 5. The van der Waals surface area contributed by atoms with Crippen LogP contribution in [0.15, 0.2) is 47.5 Å². The van der Waals surface area contributed by atoms with Crippen LogP contribution in [-0.4, -0.2) is 39.2 Å². The van der Waals surface area contributed by atoms with Crippen molar-refractivity contribution in [2.45, 2.75) is 18.4 Å². The number of carbonyl (C=O) groups is 1. The summed E-state index contributed by atoms with van der Waals surface area (Å²) in [5.41, 5.74) is 2.11. The Balaban J connectivity index is 2.09. The molecule has 0 spiro atoms. The molecule has 1 heterocycles. The van der Waals surface area contributed by atoms with E-state index in [0.717, 1.165) is 11.4 Å². The van der Waals surface area contributed by atoms with Gasteiger partial charge in [0, 0.05) is 25.9 Å². The van der Waals surface area contributed by atoms with Gasteiger partial charge < -0.3 is 10.2 Å². The second-order valence-electron chi connectivity index (χ2n) is 5.47. The lowest BCUT2D eigenvalue weighted by molar-refractivity contribution is 0.0950. The van der Waals surface area contributed by atoms with Crippen molar-refractivity contribution in [2.24, 2.45) is 0 Å². The average molecular weight is 347 g/mol. The van der Waals surface area contributed by atoms with Gasteiger partial charge in [0.1, 0.15) is 0 Å². The normalized spacial score (nSPS) is 11.1. The molecule has 0 radical (unpaired) electrons. The summed E-state index contributed by atoms with van der Waals surface area (Å²) in [6.45, 7) is 1.88. The zero-order chi connectivity index (χ0) is 17.7. The van der Waals surface area contributed by atoms with Gasteiger partial charge in [0.2, 0.25) is 0 Å². The Hall–Kier alpha value is -2.41. The standard InChI is InChI=1S/C17H21N3O3S/c1-4-24(22,23)14-9-7-13(8-10-14)17(21)19-12-15-16(20(2)3)6-5-11-18-15/h5-11H,4,12H2,1-3H3,(H,19,21). The summed E-state index contributed by atoms with van der Waals surface area (Å²) in [7, 11) is 0.566. The molecule has 7 heteroatoms. The zero-order valence-corrected chi connectivity index (χ0v) is 14.8. The van der Waals surface area contributed by atoms with E-state index in [9.17, 15) is 13.2 Å². The number of sulfone groups is 1. The minimum atomic E-state index is -3.26. The molecule has 0 aliphatic rings. The van der Waals surface area contributed by atoms with Gasteiger partial charge in [-0.15, -0.1) is 0 Å². The van der Waals surface area contributed by atoms with Crippen molar-refractivity contribution in [3.05, 3.63) is 53.9 Å². The van der Waals surface area contributed by atoms with E-state index in [1.807, 2.05) is 31.1 Å². The van der Waals surface area contributed by atoms with Gasteiger partial charge in [-0.3, -0.25) is 9.78 Å². The third kappa shape index (κ3) is 4.11. The van der Waals surface area contributed by atoms with Crippen LogP contribution in [0.2, 0.25) is 0 Å². The first kappa shape index (κ1) is 17.9. The molecule has 2 rings (SSSR count). The molecule has 0 unspecified atom stereocenters. The summed E-state index contributed by atoms with van der Waals surface area (Å²) < 4.78 is 23.6. The van der Waals surface area contributed by atoms with Gasteiger partial charge in [-0.1, -0.05) is 6.92 Å². The van der Waals surface area contributed by atoms with E-state index >= 15 is 0 Å². The van der Waals surface area contributed by atoms with Crippen LogP contribution in [0, 0.1) is 0 Å². The second kappa shape index (κ2) is 7.44. The van der Waals surface area contributed by atoms with Crippen molar-refractivity contribution in [3.8, 4) is 0 Å². The third-order valence-electron chi connectivity index (χ3n) is 3.62. The molecule has 1 aromatic heterocycles. The molecule has 0 aliphatic carbocycles. The highest BCUT2D eigenvalue weighted by Crippen LogP contribution is 2.16. The highest BCUT2D eigenvalue weighted by Gasteiger charge is 2.13. The molecule has 1 N–H and O–H groups in total. The van der Waals surface area contributed by atoms with Crippen LogP contribution < -0.4 is 10.2 Å². The Labute approximate surface area is 142 Å². The van der Waals surface area contributed by atoms with Gasteiger partial charge >= 0.3 is 0 Å². The maximum absolute atomic E-state index is 12.2. The number of anilines is 1. The summed E-state index contributed by atoms with van der Waals surface area (Å²) in [6, 6.07) is 9.72. The lowest BCUT2D eigenvalue weighted by Crippen LogP contribution is -2.25. The van der Waals surface area contributed by atoms with Gasteiger partial charge in [-0.2, -0.15) is 0 Å². The summed E-state index contributed by atoms with van der Waals surface area (Å²) in [4.78, 5) is 18.7. The zero-order valence-electron chi connectivity index (χ0n) is 14.0. The van der Waals surface area contributed by atoms with Crippen molar-refractivity contribution in [1.29, 1.82) is 0 Å². The fraction of sp³-hybridized carbons (Fsp3) is 0.294. The Morgan fingerprint density at radius 1 is 1.17 bits per heavy atom. The first-order chi connectivity index (χ1) is 11.3. The van der Waals surface area contributed by atoms with Crippen molar-refractivity contribution in [1.82, 2.24) is 10.3 Å². The number of benzene rings is 1. The highest BCUT2D eigenvalue weighted by molar-refractivity contribution is 7.91. The number of amides is 1. The van der Waals surface area contributed by atoms with Crippen LogP contribution in [0.1, 0.15) is 23.0 Å². The van der Waals surface area contributed by atoms with Gasteiger partial charge in [-0.05, 0) is 36.4 Å². The first-order valence-electron chi connectivity index (χ1n) is 7.57. The van der Waals surface area contributed by atoms with E-state index in [0.29, 0.717) is 12.1 Å². The van der Waals surface area contributed by atoms with Gasteiger partial charge in [0.05, 0.1) is 28.6 Å². The summed E-state index contributed by atoms with van der Waals surface area (Å²) in [5, 5.41) is 2.81. The van der Waals surface area contributed by atoms with Gasteiger partial charge in [0.25, 0.3) is 5.91 Å². The third-order valence-corrected chi connectivity index (χ3v) is 5.37. The predicted octanol–water partition coefficient (Wildman–Crippen LogP) is 1.87. The monoisotopic (exact) mass is 347 g/mol. The molecule has 24 heavy (non-hydrogen) atoms. The molecule has 2 aromatic rings. The van der Waals surface area contributed by atoms with E-state index < -0.39 is 9.84 Å². The molecule has 6 nitrogen and oxygen atoms in total. The summed E-state index contributed by atoms with van der Waals surface area (Å²) in [5.74, 6) is -0.239. The molecule has 128 valence electrons. The molecule has 0 saturated heterocycles. The highest BCUT2D eigenvalue weighted by atomic mass is 32.2. The lowest BCUT2D eigenvalue weighted by atomic mass is 10.2. The minimum absolute atomic E-state index is 0.0333. The first-order valence-corrected chi connectivity index (χ1v) is 9.22. The number of pyridine rings is 1. The quantitative estimate of drug-likeness (QED) is 0.863. The van der Waals surface area contributed by atoms with Crippen molar-refractivity contribution >= 4 is 21.4 Å². The largest absolute Gasteiger partial charge is 0.376 e. The number of hydrogen-bond donors (Lipinski definition) is 1. The smallest absolute Gasteiger partial charge is 0.251 e. The Bertz CT molecular complexity index is 815. The van der Waals surface area contributed by atoms with E-state index in [2.05, 4.69) is 10.3 Å². The van der Waals surface area contributed by atoms with E-state index in [1.165, 1.54) is 24.3 Å². The van der Waals surface area contributed by atoms with E-state index in [-0.39, 0.29) is 16.6 Å². The van der Waals surface area contributed by atoms with Crippen LogP contribution in [0.4, 0.5) is 5.69 Å². The number of rotatable bonds is 6. The van der Waals surface area contributed by atoms with Crippen LogP contribution in [0.5, 0.6) is 0 Å².